The van der Waals surface area contributed by atoms with E-state index in [0.717, 1.165) is 0 Å². The molecule has 182 valence electrons. The van der Waals surface area contributed by atoms with E-state index in [0.29, 0.717) is 37.4 Å². The molecule has 0 saturated carbocycles. The van der Waals surface area contributed by atoms with Crippen molar-refractivity contribution in [3.63, 3.8) is 0 Å². The van der Waals surface area contributed by atoms with Crippen LogP contribution in [0.25, 0.3) is 6.08 Å². The lowest BCUT2D eigenvalue weighted by molar-refractivity contribution is -0.384. The number of hydrogen-bond acceptors (Lipinski definition) is 8. The van der Waals surface area contributed by atoms with Crippen LogP contribution in [0.3, 0.4) is 0 Å². The molecule has 0 bridgehead atoms. The molecule has 2 aromatic rings. The molecule has 0 aromatic heterocycles. The van der Waals surface area contributed by atoms with Crippen molar-refractivity contribution < 1.29 is 33.1 Å². The van der Waals surface area contributed by atoms with E-state index in [-0.39, 0.29) is 10.6 Å². The van der Waals surface area contributed by atoms with Gasteiger partial charge in [-0.15, -0.1) is 0 Å². The van der Waals surface area contributed by atoms with Gasteiger partial charge in [-0.2, -0.15) is 4.31 Å². The van der Waals surface area contributed by atoms with Crippen molar-refractivity contribution in [3.05, 3.63) is 75.8 Å². The van der Waals surface area contributed by atoms with Crippen molar-refractivity contribution in [1.82, 2.24) is 9.62 Å². The summed E-state index contributed by atoms with van der Waals surface area (Å²) in [6, 6.07) is 10.1. The fourth-order valence-electron chi connectivity index (χ4n) is 3.34. The van der Waals surface area contributed by atoms with Crippen molar-refractivity contribution >= 4 is 27.7 Å². The number of ether oxygens (including phenoxy) is 1. The maximum absolute atomic E-state index is 12.7. The number of morpholine rings is 1. The van der Waals surface area contributed by atoms with E-state index < -0.39 is 39.6 Å². The van der Waals surface area contributed by atoms with Gasteiger partial charge in [-0.05, 0) is 41.5 Å². The molecular weight excluding hydrogens is 466 g/mol. The molecule has 3 rings (SSSR count). The Morgan fingerprint density at radius 3 is 2.32 bits per heavy atom. The topological polar surface area (TPSA) is 159 Å². The first-order chi connectivity index (χ1) is 16.2. The third-order valence-electron chi connectivity index (χ3n) is 5.27. The molecule has 11 nitrogen and oxygen atoms in total. The molecule has 0 radical (unpaired) electrons. The predicted octanol–water partition coefficient (Wildman–Crippen LogP) is 0.840. The van der Waals surface area contributed by atoms with Crippen LogP contribution in [-0.2, 0) is 19.6 Å². The lowest BCUT2D eigenvalue weighted by Crippen LogP contribution is -2.41. The van der Waals surface area contributed by atoms with Gasteiger partial charge in [0.15, 0.2) is 0 Å². The van der Waals surface area contributed by atoms with E-state index in [1.807, 2.05) is 0 Å². The van der Waals surface area contributed by atoms with E-state index >= 15 is 0 Å². The molecule has 1 heterocycles. The minimum Gasteiger partial charge on any atom is -0.394 e. The number of aliphatic hydroxyl groups is 2. The highest BCUT2D eigenvalue weighted by Gasteiger charge is 2.26. The number of benzene rings is 2. The lowest BCUT2D eigenvalue weighted by Gasteiger charge is -2.26. The quantitative estimate of drug-likeness (QED) is 0.264. The number of nitro groups is 1. The van der Waals surface area contributed by atoms with E-state index in [1.165, 1.54) is 52.9 Å². The number of carbonyl (C=O) groups excluding carboxylic acids is 1. The highest BCUT2D eigenvalue weighted by atomic mass is 32.2. The summed E-state index contributed by atoms with van der Waals surface area (Å²) in [6.07, 6.45) is 1.37. The van der Waals surface area contributed by atoms with Crippen LogP contribution >= 0.6 is 0 Å². The van der Waals surface area contributed by atoms with Gasteiger partial charge in [0.1, 0.15) is 6.10 Å². The van der Waals surface area contributed by atoms with E-state index in [4.69, 9.17) is 4.74 Å². The number of nitrogens with one attached hydrogen (secondary N) is 1. The summed E-state index contributed by atoms with van der Waals surface area (Å²) in [5.41, 5.74) is 0.728. The standard InChI is InChI=1S/C22H25N3O8S/c26-15-20(22(28)17-4-6-18(7-5-17)25(29)30)23-21(27)10-3-16-1-8-19(9-2-16)34(31,32)24-11-13-33-14-12-24/h1-10,20,22,26,28H,11-15H2,(H,23,27)/b10-3+. The van der Waals surface area contributed by atoms with Gasteiger partial charge >= 0.3 is 0 Å². The zero-order valence-electron chi connectivity index (χ0n) is 18.1. The van der Waals surface area contributed by atoms with Crippen LogP contribution in [0, 0.1) is 10.1 Å². The van der Waals surface area contributed by atoms with E-state index in [9.17, 15) is 33.5 Å². The first kappa shape index (κ1) is 25.5. The van der Waals surface area contributed by atoms with Crippen LogP contribution in [0.1, 0.15) is 17.2 Å². The molecule has 0 aliphatic carbocycles. The molecule has 1 amide bonds. The third-order valence-corrected chi connectivity index (χ3v) is 7.18. The van der Waals surface area contributed by atoms with Gasteiger partial charge in [0.2, 0.25) is 15.9 Å². The Labute approximate surface area is 196 Å². The number of rotatable bonds is 9. The van der Waals surface area contributed by atoms with Crippen molar-refractivity contribution in [2.45, 2.75) is 17.0 Å². The molecule has 3 N–H and O–H groups in total. The zero-order valence-corrected chi connectivity index (χ0v) is 18.9. The highest BCUT2D eigenvalue weighted by molar-refractivity contribution is 7.89. The fraction of sp³-hybridized carbons (Fsp3) is 0.318. The molecule has 0 spiro atoms. The largest absolute Gasteiger partial charge is 0.394 e. The summed E-state index contributed by atoms with van der Waals surface area (Å²) < 4.78 is 31.9. The van der Waals surface area contributed by atoms with Gasteiger partial charge in [-0.25, -0.2) is 8.42 Å². The summed E-state index contributed by atoms with van der Waals surface area (Å²) in [7, 11) is -3.62. The Morgan fingerprint density at radius 2 is 1.76 bits per heavy atom. The van der Waals surface area contributed by atoms with Gasteiger partial charge in [0, 0.05) is 31.3 Å². The number of amides is 1. The molecule has 1 fully saturated rings. The van der Waals surface area contributed by atoms with Crippen LogP contribution in [-0.4, -0.2) is 72.7 Å². The molecular formula is C22H25N3O8S. The average molecular weight is 492 g/mol. The monoisotopic (exact) mass is 491 g/mol. The molecule has 12 heteroatoms. The fourth-order valence-corrected chi connectivity index (χ4v) is 4.75. The van der Waals surface area contributed by atoms with Crippen LogP contribution in [0.2, 0.25) is 0 Å². The van der Waals surface area contributed by atoms with Crippen molar-refractivity contribution in [3.8, 4) is 0 Å². The predicted molar refractivity (Wildman–Crippen MR) is 122 cm³/mol. The molecule has 1 aliphatic heterocycles. The van der Waals surface area contributed by atoms with Gasteiger partial charge in [0.25, 0.3) is 5.69 Å². The van der Waals surface area contributed by atoms with Gasteiger partial charge in [-0.1, -0.05) is 12.1 Å². The Balaban J connectivity index is 1.61. The SMILES string of the molecule is O=C(/C=C/c1ccc(S(=O)(=O)N2CCOCC2)cc1)NC(CO)C(O)c1ccc([N+](=O)[O-])cc1. The van der Waals surface area contributed by atoms with Crippen LogP contribution in [0.5, 0.6) is 0 Å². The second-order valence-electron chi connectivity index (χ2n) is 7.51. The van der Waals surface area contributed by atoms with Crippen molar-refractivity contribution in [1.29, 1.82) is 0 Å². The molecule has 1 saturated heterocycles. The summed E-state index contributed by atoms with van der Waals surface area (Å²) in [6.45, 7) is 0.724. The first-order valence-electron chi connectivity index (χ1n) is 10.4. The second kappa shape index (κ2) is 11.3. The number of hydrogen-bond donors (Lipinski definition) is 3. The van der Waals surface area contributed by atoms with Gasteiger partial charge in [0.05, 0.1) is 35.7 Å². The smallest absolute Gasteiger partial charge is 0.269 e. The summed E-state index contributed by atoms with van der Waals surface area (Å²) in [4.78, 5) is 22.6. The third kappa shape index (κ3) is 6.24. The molecule has 34 heavy (non-hydrogen) atoms. The second-order valence-corrected chi connectivity index (χ2v) is 9.45. The number of nitro benzene ring substituents is 1. The number of sulfonamides is 1. The van der Waals surface area contributed by atoms with Gasteiger partial charge in [-0.3, -0.25) is 14.9 Å². The summed E-state index contributed by atoms with van der Waals surface area (Å²) in [5.74, 6) is -0.593. The minimum absolute atomic E-state index is 0.141. The number of aliphatic hydroxyl groups excluding tert-OH is 2. The van der Waals surface area contributed by atoms with Crippen LogP contribution in [0.4, 0.5) is 5.69 Å². The lowest BCUT2D eigenvalue weighted by atomic mass is 10.0. The normalized spacial score (nSPS) is 16.8. The van der Waals surface area contributed by atoms with E-state index in [2.05, 4.69) is 5.32 Å². The average Bonchev–Trinajstić information content (AvgIpc) is 2.86. The first-order valence-corrected chi connectivity index (χ1v) is 11.9. The summed E-state index contributed by atoms with van der Waals surface area (Å²) in [5, 5.41) is 33.2. The Kier molecular flexibility index (Phi) is 8.47. The maximum atomic E-state index is 12.7. The minimum atomic E-state index is -3.62. The molecule has 1 aliphatic rings. The Hall–Kier alpha value is -3.16. The molecule has 2 aromatic carbocycles. The zero-order chi connectivity index (χ0) is 24.7. The Bertz CT molecular complexity index is 1130. The molecule has 2 atom stereocenters. The van der Waals surface area contributed by atoms with Crippen LogP contribution < -0.4 is 5.32 Å². The molecule has 2 unspecified atom stereocenters. The maximum Gasteiger partial charge on any atom is 0.269 e. The van der Waals surface area contributed by atoms with Crippen LogP contribution in [0.15, 0.2) is 59.5 Å². The van der Waals surface area contributed by atoms with Crippen molar-refractivity contribution in [2.24, 2.45) is 0 Å². The summed E-state index contributed by atoms with van der Waals surface area (Å²) >= 11 is 0. The highest BCUT2D eigenvalue weighted by Crippen LogP contribution is 2.21. The van der Waals surface area contributed by atoms with Gasteiger partial charge < -0.3 is 20.3 Å². The number of nitrogens with zero attached hydrogens (tertiary/aromatic N) is 2. The van der Waals surface area contributed by atoms with Crippen molar-refractivity contribution in [2.75, 3.05) is 32.9 Å². The number of carbonyl (C=O) groups is 1. The number of non-ortho nitro benzene ring substituents is 1. The Morgan fingerprint density at radius 1 is 1.15 bits per heavy atom. The van der Waals surface area contributed by atoms with E-state index in [1.54, 1.807) is 12.1 Å².